The number of carbonyl (C=O) groups excluding carboxylic acids is 1. The van der Waals surface area contributed by atoms with Gasteiger partial charge in [-0.1, -0.05) is 19.9 Å². The number of aryl methyl sites for hydroxylation is 1. The second-order valence-corrected chi connectivity index (χ2v) is 9.02. The van der Waals surface area contributed by atoms with Gasteiger partial charge in [0.1, 0.15) is 6.04 Å². The number of carboxylic acid groups (broad SMARTS) is 1. The molecule has 0 bridgehead atoms. The highest BCUT2D eigenvalue weighted by Crippen LogP contribution is 2.23. The number of aliphatic carboxylic acids is 1. The molecule has 0 radical (unpaired) electrons. The molecule has 1 aromatic carbocycles. The molecule has 8 heteroatoms. The molecule has 1 saturated heterocycles. The Bertz CT molecular complexity index is 783. The van der Waals surface area contributed by atoms with E-state index in [0.29, 0.717) is 25.1 Å². The average Bonchev–Trinajstić information content (AvgIpc) is 3.09. The molecule has 0 spiro atoms. The fourth-order valence-electron chi connectivity index (χ4n) is 3.01. The fourth-order valence-corrected chi connectivity index (χ4v) is 4.56. The van der Waals surface area contributed by atoms with E-state index in [-0.39, 0.29) is 16.4 Å². The lowest BCUT2D eigenvalue weighted by atomic mass is 10.0. The monoisotopic (exact) mass is 382 g/mol. The third-order valence-corrected chi connectivity index (χ3v) is 6.36. The van der Waals surface area contributed by atoms with Gasteiger partial charge in [-0.15, -0.1) is 0 Å². The minimum Gasteiger partial charge on any atom is -0.480 e. The van der Waals surface area contributed by atoms with E-state index in [1.165, 1.54) is 16.4 Å². The fraction of sp³-hybridized carbons (Fsp3) is 0.556. The predicted molar refractivity (Wildman–Crippen MR) is 97.5 cm³/mol. The SMILES string of the molecule is Cc1ccc(S(=O)(=O)N2CCCC2)cc1C(=O)NC(CC(C)C)C(=O)O. The molecule has 7 nitrogen and oxygen atoms in total. The Balaban J connectivity index is 2.28. The molecule has 0 saturated carbocycles. The van der Waals surface area contributed by atoms with E-state index in [0.717, 1.165) is 12.8 Å². The van der Waals surface area contributed by atoms with Crippen LogP contribution in [0.3, 0.4) is 0 Å². The van der Waals surface area contributed by atoms with Gasteiger partial charge in [0, 0.05) is 18.7 Å². The first-order chi connectivity index (χ1) is 12.1. The lowest BCUT2D eigenvalue weighted by molar-refractivity contribution is -0.139. The smallest absolute Gasteiger partial charge is 0.326 e. The van der Waals surface area contributed by atoms with Crippen LogP contribution in [0.2, 0.25) is 0 Å². The van der Waals surface area contributed by atoms with Gasteiger partial charge in [-0.2, -0.15) is 4.31 Å². The number of sulfonamides is 1. The van der Waals surface area contributed by atoms with Crippen molar-refractivity contribution in [1.82, 2.24) is 9.62 Å². The van der Waals surface area contributed by atoms with E-state index in [1.807, 2.05) is 13.8 Å². The Labute approximate surface area is 154 Å². The summed E-state index contributed by atoms with van der Waals surface area (Å²) in [5, 5.41) is 11.8. The molecule has 1 aliphatic heterocycles. The number of carbonyl (C=O) groups is 2. The van der Waals surface area contributed by atoms with Crippen LogP contribution in [0.4, 0.5) is 0 Å². The molecule has 1 unspecified atom stereocenters. The van der Waals surface area contributed by atoms with Crippen molar-refractivity contribution in [2.24, 2.45) is 5.92 Å². The van der Waals surface area contributed by atoms with Gasteiger partial charge in [0.15, 0.2) is 0 Å². The van der Waals surface area contributed by atoms with Gasteiger partial charge >= 0.3 is 5.97 Å². The predicted octanol–water partition coefficient (Wildman–Crippen LogP) is 2.01. The second-order valence-electron chi connectivity index (χ2n) is 7.08. The Morgan fingerprint density at radius 3 is 2.38 bits per heavy atom. The summed E-state index contributed by atoms with van der Waals surface area (Å²) >= 11 is 0. The zero-order valence-electron chi connectivity index (χ0n) is 15.4. The quantitative estimate of drug-likeness (QED) is 0.751. The van der Waals surface area contributed by atoms with Crippen molar-refractivity contribution < 1.29 is 23.1 Å². The lowest BCUT2D eigenvalue weighted by Gasteiger charge is -2.19. The minimum atomic E-state index is -3.64. The summed E-state index contributed by atoms with van der Waals surface area (Å²) in [5.74, 6) is -1.58. The number of nitrogens with zero attached hydrogens (tertiary/aromatic N) is 1. The molecule has 2 N–H and O–H groups in total. The summed E-state index contributed by atoms with van der Waals surface area (Å²) in [6.45, 7) is 6.40. The van der Waals surface area contributed by atoms with E-state index in [9.17, 15) is 23.1 Å². The first kappa shape index (κ1) is 20.4. The van der Waals surface area contributed by atoms with Crippen LogP contribution in [-0.2, 0) is 14.8 Å². The van der Waals surface area contributed by atoms with Crippen LogP contribution in [-0.4, -0.2) is 48.8 Å². The van der Waals surface area contributed by atoms with Crippen LogP contribution in [0.25, 0.3) is 0 Å². The number of rotatable bonds is 7. The molecule has 1 aromatic rings. The molecular weight excluding hydrogens is 356 g/mol. The van der Waals surface area contributed by atoms with Crippen LogP contribution < -0.4 is 5.32 Å². The number of nitrogens with one attached hydrogen (secondary N) is 1. The van der Waals surface area contributed by atoms with Crippen molar-refractivity contribution in [1.29, 1.82) is 0 Å². The Hall–Kier alpha value is -1.93. The molecule has 1 fully saturated rings. The van der Waals surface area contributed by atoms with Crippen LogP contribution in [0.1, 0.15) is 49.0 Å². The highest BCUT2D eigenvalue weighted by molar-refractivity contribution is 7.89. The minimum absolute atomic E-state index is 0.0610. The van der Waals surface area contributed by atoms with E-state index in [2.05, 4.69) is 5.32 Å². The summed E-state index contributed by atoms with van der Waals surface area (Å²) in [6.07, 6.45) is 1.95. The molecule has 26 heavy (non-hydrogen) atoms. The third kappa shape index (κ3) is 4.62. The van der Waals surface area contributed by atoms with E-state index in [1.54, 1.807) is 13.0 Å². The van der Waals surface area contributed by atoms with Crippen LogP contribution in [0.5, 0.6) is 0 Å². The van der Waals surface area contributed by atoms with Gasteiger partial charge in [0.05, 0.1) is 4.90 Å². The molecule has 1 heterocycles. The highest BCUT2D eigenvalue weighted by Gasteiger charge is 2.29. The number of carboxylic acids is 1. The molecule has 0 aromatic heterocycles. The average molecular weight is 382 g/mol. The molecule has 2 rings (SSSR count). The Morgan fingerprint density at radius 2 is 1.85 bits per heavy atom. The Kier molecular flexibility index (Phi) is 6.41. The maximum Gasteiger partial charge on any atom is 0.326 e. The number of benzene rings is 1. The zero-order valence-corrected chi connectivity index (χ0v) is 16.2. The lowest BCUT2D eigenvalue weighted by Crippen LogP contribution is -2.42. The largest absolute Gasteiger partial charge is 0.480 e. The summed E-state index contributed by atoms with van der Waals surface area (Å²) in [6, 6.07) is 3.39. The maximum absolute atomic E-state index is 12.7. The number of hydrogen-bond acceptors (Lipinski definition) is 4. The van der Waals surface area contributed by atoms with Crippen molar-refractivity contribution in [3.05, 3.63) is 29.3 Å². The van der Waals surface area contributed by atoms with Gasteiger partial charge in [-0.05, 0) is 49.8 Å². The molecule has 144 valence electrons. The Morgan fingerprint density at radius 1 is 1.23 bits per heavy atom. The van der Waals surface area contributed by atoms with E-state index < -0.39 is 27.9 Å². The molecule has 1 aliphatic rings. The maximum atomic E-state index is 12.7. The third-order valence-electron chi connectivity index (χ3n) is 4.47. The highest BCUT2D eigenvalue weighted by atomic mass is 32.2. The van der Waals surface area contributed by atoms with Gasteiger partial charge in [0.2, 0.25) is 10.0 Å². The first-order valence-corrected chi connectivity index (χ1v) is 10.2. The normalized spacial score (nSPS) is 16.6. The molecular formula is C18H26N2O5S. The summed E-state index contributed by atoms with van der Waals surface area (Å²) in [5.41, 5.74) is 0.775. The first-order valence-electron chi connectivity index (χ1n) is 8.77. The van der Waals surface area contributed by atoms with Crippen LogP contribution in [0, 0.1) is 12.8 Å². The topological polar surface area (TPSA) is 104 Å². The molecule has 1 atom stereocenters. The standard InChI is InChI=1S/C18H26N2O5S/c1-12(2)10-16(18(22)23)19-17(21)15-11-14(7-6-13(15)3)26(24,25)20-8-4-5-9-20/h6-7,11-12,16H,4-5,8-10H2,1-3H3,(H,19,21)(H,22,23). The van der Waals surface area contributed by atoms with E-state index >= 15 is 0 Å². The summed E-state index contributed by atoms with van der Waals surface area (Å²) < 4.78 is 26.8. The second kappa shape index (κ2) is 8.18. The van der Waals surface area contributed by atoms with Gasteiger partial charge in [0.25, 0.3) is 5.91 Å². The van der Waals surface area contributed by atoms with Crippen molar-refractivity contribution in [3.63, 3.8) is 0 Å². The van der Waals surface area contributed by atoms with E-state index in [4.69, 9.17) is 0 Å². The summed E-state index contributed by atoms with van der Waals surface area (Å²) in [4.78, 5) is 24.0. The number of amides is 1. The number of hydrogen-bond donors (Lipinski definition) is 2. The van der Waals surface area contributed by atoms with Crippen molar-refractivity contribution >= 4 is 21.9 Å². The summed E-state index contributed by atoms with van der Waals surface area (Å²) in [7, 11) is -3.64. The van der Waals surface area contributed by atoms with Gasteiger partial charge in [-0.25, -0.2) is 13.2 Å². The van der Waals surface area contributed by atoms with Gasteiger partial charge in [-0.3, -0.25) is 4.79 Å². The van der Waals surface area contributed by atoms with Crippen LogP contribution >= 0.6 is 0 Å². The van der Waals surface area contributed by atoms with Crippen molar-refractivity contribution in [2.45, 2.75) is 51.0 Å². The molecule has 1 amide bonds. The van der Waals surface area contributed by atoms with Gasteiger partial charge < -0.3 is 10.4 Å². The van der Waals surface area contributed by atoms with Crippen molar-refractivity contribution in [2.75, 3.05) is 13.1 Å². The van der Waals surface area contributed by atoms with Crippen LogP contribution in [0.15, 0.2) is 23.1 Å². The zero-order chi connectivity index (χ0) is 19.5. The van der Waals surface area contributed by atoms with Crippen molar-refractivity contribution in [3.8, 4) is 0 Å². The molecule has 0 aliphatic carbocycles.